The van der Waals surface area contributed by atoms with E-state index in [4.69, 9.17) is 9.47 Å². The molecule has 0 spiro atoms. The molecule has 7 nitrogen and oxygen atoms in total. The first-order valence-corrected chi connectivity index (χ1v) is 7.92. The van der Waals surface area contributed by atoms with Crippen LogP contribution < -0.4 is 15.4 Å². The van der Waals surface area contributed by atoms with Gasteiger partial charge < -0.3 is 14.8 Å². The number of hydrogen-bond donors (Lipinski definition) is 2. The Kier molecular flexibility index (Phi) is 8.32. The van der Waals surface area contributed by atoms with E-state index in [1.807, 2.05) is 32.9 Å². The van der Waals surface area contributed by atoms with Crippen LogP contribution in [-0.2, 0) is 20.7 Å². The molecule has 1 atom stereocenters. The molecule has 1 aromatic rings. The zero-order chi connectivity index (χ0) is 17.9. The highest BCUT2D eigenvalue weighted by molar-refractivity contribution is 5.95. The predicted octanol–water partition coefficient (Wildman–Crippen LogP) is 1.80. The molecule has 3 amide bonds. The average Bonchev–Trinajstić information content (AvgIpc) is 2.58. The van der Waals surface area contributed by atoms with Crippen LogP contribution in [0.4, 0.5) is 4.79 Å². The van der Waals surface area contributed by atoms with Gasteiger partial charge in [0.15, 0.2) is 13.2 Å². The number of benzene rings is 1. The van der Waals surface area contributed by atoms with Gasteiger partial charge in [-0.2, -0.15) is 0 Å². The lowest BCUT2D eigenvalue weighted by atomic mass is 10.2. The van der Waals surface area contributed by atoms with Crippen LogP contribution in [0.15, 0.2) is 24.3 Å². The number of carbonyl (C=O) groups excluding carboxylic acids is 3. The normalized spacial score (nSPS) is 11.3. The summed E-state index contributed by atoms with van der Waals surface area (Å²) in [5.74, 6) is -0.843. The molecule has 24 heavy (non-hydrogen) atoms. The molecule has 132 valence electrons. The molecule has 0 heterocycles. The van der Waals surface area contributed by atoms with Crippen molar-refractivity contribution < 1.29 is 23.9 Å². The summed E-state index contributed by atoms with van der Waals surface area (Å²) >= 11 is 0. The van der Waals surface area contributed by atoms with E-state index in [0.29, 0.717) is 5.75 Å². The molecule has 0 radical (unpaired) electrons. The number of hydrogen-bond acceptors (Lipinski definition) is 5. The van der Waals surface area contributed by atoms with Crippen LogP contribution >= 0.6 is 0 Å². The number of aryl methyl sites for hydroxylation is 1. The van der Waals surface area contributed by atoms with Crippen molar-refractivity contribution in [3.63, 3.8) is 0 Å². The lowest BCUT2D eigenvalue weighted by Crippen LogP contribution is -2.44. The number of amides is 3. The largest absolute Gasteiger partial charge is 0.482 e. The topological polar surface area (TPSA) is 93.7 Å². The Balaban J connectivity index is 2.25. The maximum absolute atomic E-state index is 11.5. The standard InChI is InChI=1S/C17H24N2O5/c1-4-12(3)18-17(22)19-15(20)10-24-16(21)11-23-14-8-6-13(5-2)7-9-14/h6-9,12H,4-5,10-11H2,1-3H3,(H2,18,19,20,22)/t12-/m1/s1. The fourth-order valence-electron chi connectivity index (χ4n) is 1.68. The van der Waals surface area contributed by atoms with Gasteiger partial charge in [-0.25, -0.2) is 9.59 Å². The molecule has 7 heteroatoms. The second-order valence-electron chi connectivity index (χ2n) is 5.28. The Morgan fingerprint density at radius 2 is 1.75 bits per heavy atom. The van der Waals surface area contributed by atoms with Crippen LogP contribution in [0.5, 0.6) is 5.75 Å². The number of imide groups is 1. The zero-order valence-corrected chi connectivity index (χ0v) is 14.3. The SMILES string of the molecule is CCc1ccc(OCC(=O)OCC(=O)NC(=O)N[C@H](C)CC)cc1. The second kappa shape index (κ2) is 10.3. The zero-order valence-electron chi connectivity index (χ0n) is 14.3. The van der Waals surface area contributed by atoms with Crippen molar-refractivity contribution in [1.82, 2.24) is 10.6 Å². The highest BCUT2D eigenvalue weighted by Crippen LogP contribution is 2.12. The minimum atomic E-state index is -0.698. The van der Waals surface area contributed by atoms with Crippen molar-refractivity contribution in [2.75, 3.05) is 13.2 Å². The molecule has 0 saturated heterocycles. The molecule has 0 aliphatic rings. The van der Waals surface area contributed by atoms with E-state index in [0.717, 1.165) is 18.4 Å². The Morgan fingerprint density at radius 3 is 2.33 bits per heavy atom. The summed E-state index contributed by atoms with van der Waals surface area (Å²) in [6, 6.07) is 6.68. The summed E-state index contributed by atoms with van der Waals surface area (Å²) in [4.78, 5) is 34.4. The van der Waals surface area contributed by atoms with E-state index in [1.54, 1.807) is 12.1 Å². The van der Waals surface area contributed by atoms with Gasteiger partial charge in [0.2, 0.25) is 0 Å². The van der Waals surface area contributed by atoms with E-state index in [9.17, 15) is 14.4 Å². The van der Waals surface area contributed by atoms with E-state index in [-0.39, 0.29) is 12.6 Å². The molecule has 0 saturated carbocycles. The van der Waals surface area contributed by atoms with Crippen LogP contribution in [0.1, 0.15) is 32.8 Å². The summed E-state index contributed by atoms with van der Waals surface area (Å²) in [6.45, 7) is 4.92. The fourth-order valence-corrected chi connectivity index (χ4v) is 1.68. The Morgan fingerprint density at radius 1 is 1.08 bits per heavy atom. The maximum atomic E-state index is 11.5. The van der Waals surface area contributed by atoms with Crippen LogP contribution in [0.3, 0.4) is 0 Å². The van der Waals surface area contributed by atoms with Gasteiger partial charge in [0.05, 0.1) is 0 Å². The summed E-state index contributed by atoms with van der Waals surface area (Å²) in [6.07, 6.45) is 1.66. The smallest absolute Gasteiger partial charge is 0.344 e. The monoisotopic (exact) mass is 336 g/mol. The van der Waals surface area contributed by atoms with Crippen LogP contribution in [0.2, 0.25) is 0 Å². The molecule has 1 aromatic carbocycles. The molecule has 1 rings (SSSR count). The van der Waals surface area contributed by atoms with Gasteiger partial charge >= 0.3 is 12.0 Å². The minimum absolute atomic E-state index is 0.0483. The third-order valence-electron chi connectivity index (χ3n) is 3.30. The van der Waals surface area contributed by atoms with Crippen molar-refractivity contribution in [1.29, 1.82) is 0 Å². The van der Waals surface area contributed by atoms with Crippen LogP contribution in [-0.4, -0.2) is 37.2 Å². The highest BCUT2D eigenvalue weighted by atomic mass is 16.6. The number of rotatable bonds is 8. The van der Waals surface area contributed by atoms with Gasteiger partial charge in [-0.3, -0.25) is 10.1 Å². The van der Waals surface area contributed by atoms with Gasteiger partial charge in [0, 0.05) is 6.04 Å². The van der Waals surface area contributed by atoms with Crippen molar-refractivity contribution in [3.8, 4) is 5.75 Å². The van der Waals surface area contributed by atoms with Gasteiger partial charge in [-0.05, 0) is 37.5 Å². The first-order chi connectivity index (χ1) is 11.4. The van der Waals surface area contributed by atoms with Crippen molar-refractivity contribution in [2.24, 2.45) is 0 Å². The first kappa shape index (κ1) is 19.5. The van der Waals surface area contributed by atoms with Gasteiger partial charge in [0.1, 0.15) is 5.75 Å². The number of nitrogens with one attached hydrogen (secondary N) is 2. The van der Waals surface area contributed by atoms with Gasteiger partial charge in [0.25, 0.3) is 5.91 Å². The van der Waals surface area contributed by atoms with Crippen LogP contribution in [0, 0.1) is 0 Å². The molecule has 0 aromatic heterocycles. The van der Waals surface area contributed by atoms with E-state index >= 15 is 0 Å². The summed E-state index contributed by atoms with van der Waals surface area (Å²) in [5, 5.41) is 4.65. The summed E-state index contributed by atoms with van der Waals surface area (Å²) in [7, 11) is 0. The lowest BCUT2D eigenvalue weighted by Gasteiger charge is -2.12. The van der Waals surface area contributed by atoms with E-state index in [1.165, 1.54) is 0 Å². The lowest BCUT2D eigenvalue weighted by molar-refractivity contribution is -0.150. The molecule has 0 bridgehead atoms. The second-order valence-corrected chi connectivity index (χ2v) is 5.28. The third-order valence-corrected chi connectivity index (χ3v) is 3.30. The van der Waals surface area contributed by atoms with Crippen LogP contribution in [0.25, 0.3) is 0 Å². The van der Waals surface area contributed by atoms with Gasteiger partial charge in [-0.1, -0.05) is 26.0 Å². The number of urea groups is 1. The summed E-state index contributed by atoms with van der Waals surface area (Å²) < 4.78 is 10.0. The molecule has 2 N–H and O–H groups in total. The summed E-state index contributed by atoms with van der Waals surface area (Å²) in [5.41, 5.74) is 1.16. The fraction of sp³-hybridized carbons (Fsp3) is 0.471. The maximum Gasteiger partial charge on any atom is 0.344 e. The number of esters is 1. The Hall–Kier alpha value is -2.57. The predicted molar refractivity (Wildman–Crippen MR) is 88.7 cm³/mol. The van der Waals surface area contributed by atoms with E-state index < -0.39 is 24.5 Å². The molecule has 0 fully saturated rings. The Labute approximate surface area is 141 Å². The molecular weight excluding hydrogens is 312 g/mol. The highest BCUT2D eigenvalue weighted by Gasteiger charge is 2.12. The van der Waals surface area contributed by atoms with Crippen molar-refractivity contribution >= 4 is 17.9 Å². The van der Waals surface area contributed by atoms with Crippen molar-refractivity contribution in [2.45, 2.75) is 39.7 Å². The average molecular weight is 336 g/mol. The van der Waals surface area contributed by atoms with Crippen molar-refractivity contribution in [3.05, 3.63) is 29.8 Å². The molecule has 0 aliphatic carbocycles. The quantitative estimate of drug-likeness (QED) is 0.706. The molecule has 0 aliphatic heterocycles. The third kappa shape index (κ3) is 7.62. The Bertz CT molecular complexity index is 557. The van der Waals surface area contributed by atoms with E-state index in [2.05, 4.69) is 10.6 Å². The number of carbonyl (C=O) groups is 3. The molecule has 0 unspecified atom stereocenters. The van der Waals surface area contributed by atoms with Gasteiger partial charge in [-0.15, -0.1) is 0 Å². The first-order valence-electron chi connectivity index (χ1n) is 7.92. The molecular formula is C17H24N2O5. The number of ether oxygens (including phenoxy) is 2. The minimum Gasteiger partial charge on any atom is -0.482 e.